The van der Waals surface area contributed by atoms with Gasteiger partial charge in [0, 0.05) is 18.7 Å². The summed E-state index contributed by atoms with van der Waals surface area (Å²) in [5.74, 6) is 0.677. The number of rotatable bonds is 1. The highest BCUT2D eigenvalue weighted by Crippen LogP contribution is 2.14. The molecule has 0 aromatic carbocycles. The van der Waals surface area contributed by atoms with Crippen molar-refractivity contribution in [3.63, 3.8) is 0 Å². The molecular formula is C10H10N4O. The number of nitriles is 1. The van der Waals surface area contributed by atoms with Crippen molar-refractivity contribution in [2.45, 2.75) is 13.3 Å². The highest BCUT2D eigenvalue weighted by atomic mass is 16.1. The van der Waals surface area contributed by atoms with Gasteiger partial charge in [-0.2, -0.15) is 5.26 Å². The van der Waals surface area contributed by atoms with Gasteiger partial charge in [0.25, 0.3) is 0 Å². The molecule has 15 heavy (non-hydrogen) atoms. The van der Waals surface area contributed by atoms with Crippen molar-refractivity contribution in [1.82, 2.24) is 9.97 Å². The average molecular weight is 202 g/mol. The molecule has 1 saturated heterocycles. The van der Waals surface area contributed by atoms with Crippen LogP contribution in [0.5, 0.6) is 0 Å². The summed E-state index contributed by atoms with van der Waals surface area (Å²) in [4.78, 5) is 21.2. The molecule has 1 aromatic heterocycles. The van der Waals surface area contributed by atoms with Gasteiger partial charge in [-0.15, -0.1) is 0 Å². The summed E-state index contributed by atoms with van der Waals surface area (Å²) >= 11 is 0. The topological polar surface area (TPSA) is 69.9 Å². The lowest BCUT2D eigenvalue weighted by atomic mass is 10.3. The van der Waals surface area contributed by atoms with E-state index in [1.165, 1.54) is 0 Å². The van der Waals surface area contributed by atoms with Crippen molar-refractivity contribution in [3.8, 4) is 6.07 Å². The third kappa shape index (κ3) is 1.94. The van der Waals surface area contributed by atoms with Gasteiger partial charge in [0.1, 0.15) is 11.8 Å². The summed E-state index contributed by atoms with van der Waals surface area (Å²) in [5, 5.41) is 8.76. The molecule has 5 heteroatoms. The number of carbonyl (C=O) groups excluding carboxylic acids is 1. The van der Waals surface area contributed by atoms with Gasteiger partial charge in [0.15, 0.2) is 5.78 Å². The first kappa shape index (κ1) is 9.59. The van der Waals surface area contributed by atoms with Gasteiger partial charge in [-0.3, -0.25) is 4.79 Å². The lowest BCUT2D eigenvalue weighted by Crippen LogP contribution is -2.22. The predicted octanol–water partition coefficient (Wildman–Crippen LogP) is 0.436. The summed E-state index contributed by atoms with van der Waals surface area (Å²) < 4.78 is 0. The molecule has 2 rings (SSSR count). The largest absolute Gasteiger partial charge is 0.333 e. The average Bonchev–Trinajstić information content (AvgIpc) is 2.64. The molecule has 0 unspecified atom stereocenters. The number of anilines is 1. The van der Waals surface area contributed by atoms with Crippen LogP contribution in [-0.2, 0) is 4.79 Å². The molecule has 0 radical (unpaired) electrons. The Morgan fingerprint density at radius 2 is 2.33 bits per heavy atom. The Balaban J connectivity index is 2.32. The van der Waals surface area contributed by atoms with Gasteiger partial charge in [-0.25, -0.2) is 9.97 Å². The zero-order chi connectivity index (χ0) is 10.8. The molecule has 2 heterocycles. The van der Waals surface area contributed by atoms with E-state index >= 15 is 0 Å². The van der Waals surface area contributed by atoms with Gasteiger partial charge in [0.05, 0.1) is 6.54 Å². The Morgan fingerprint density at radius 1 is 1.53 bits per heavy atom. The highest BCUT2D eigenvalue weighted by Gasteiger charge is 2.21. The maximum atomic E-state index is 11.1. The maximum Gasteiger partial charge on any atom is 0.227 e. The smallest absolute Gasteiger partial charge is 0.227 e. The zero-order valence-corrected chi connectivity index (χ0v) is 8.40. The van der Waals surface area contributed by atoms with E-state index in [1.807, 2.05) is 13.0 Å². The van der Waals surface area contributed by atoms with Crippen molar-refractivity contribution in [1.29, 1.82) is 5.26 Å². The van der Waals surface area contributed by atoms with Gasteiger partial charge in [0.2, 0.25) is 5.95 Å². The summed E-state index contributed by atoms with van der Waals surface area (Å²) in [6.45, 7) is 2.81. The SMILES string of the molecule is Cc1cc(C#N)nc(N2CCC(=O)C2)n1. The van der Waals surface area contributed by atoms with Crippen LogP contribution >= 0.6 is 0 Å². The Morgan fingerprint density at radius 3 is 2.93 bits per heavy atom. The van der Waals surface area contributed by atoms with Gasteiger partial charge < -0.3 is 4.90 Å². The Bertz CT molecular complexity index is 449. The number of nitrogens with zero attached hydrogens (tertiary/aromatic N) is 4. The van der Waals surface area contributed by atoms with Gasteiger partial charge >= 0.3 is 0 Å². The van der Waals surface area contributed by atoms with Crippen LogP contribution in [0.15, 0.2) is 6.07 Å². The van der Waals surface area contributed by atoms with Crippen LogP contribution in [0.25, 0.3) is 0 Å². The second-order valence-corrected chi connectivity index (χ2v) is 3.52. The monoisotopic (exact) mass is 202 g/mol. The van der Waals surface area contributed by atoms with Crippen LogP contribution in [0.1, 0.15) is 17.8 Å². The van der Waals surface area contributed by atoms with E-state index in [1.54, 1.807) is 11.0 Å². The van der Waals surface area contributed by atoms with Crippen LogP contribution in [0.4, 0.5) is 5.95 Å². The molecule has 0 amide bonds. The molecule has 1 fully saturated rings. The molecule has 0 spiro atoms. The molecule has 0 aliphatic carbocycles. The number of aromatic nitrogens is 2. The van der Waals surface area contributed by atoms with E-state index in [-0.39, 0.29) is 5.78 Å². The van der Waals surface area contributed by atoms with Crippen LogP contribution in [0, 0.1) is 18.3 Å². The van der Waals surface area contributed by atoms with Crippen LogP contribution in [0.3, 0.4) is 0 Å². The lowest BCUT2D eigenvalue weighted by molar-refractivity contribution is -0.116. The second-order valence-electron chi connectivity index (χ2n) is 3.52. The van der Waals surface area contributed by atoms with Crippen molar-refractivity contribution < 1.29 is 4.79 Å². The molecule has 1 aliphatic rings. The van der Waals surface area contributed by atoms with E-state index in [4.69, 9.17) is 5.26 Å². The van der Waals surface area contributed by atoms with Crippen LogP contribution in [0.2, 0.25) is 0 Å². The molecule has 0 saturated carbocycles. The van der Waals surface area contributed by atoms with E-state index in [2.05, 4.69) is 9.97 Å². The maximum absolute atomic E-state index is 11.1. The molecule has 76 valence electrons. The van der Waals surface area contributed by atoms with E-state index in [0.29, 0.717) is 31.2 Å². The number of hydrogen-bond acceptors (Lipinski definition) is 5. The zero-order valence-electron chi connectivity index (χ0n) is 8.40. The Hall–Kier alpha value is -1.96. The number of aryl methyl sites for hydroxylation is 1. The fourth-order valence-corrected chi connectivity index (χ4v) is 1.55. The number of hydrogen-bond donors (Lipinski definition) is 0. The molecule has 1 aromatic rings. The standard InChI is InChI=1S/C10H10N4O/c1-7-4-8(5-11)13-10(12-7)14-3-2-9(15)6-14/h4H,2-3,6H2,1H3. The van der Waals surface area contributed by atoms with E-state index in [0.717, 1.165) is 5.69 Å². The number of ketones is 1. The summed E-state index contributed by atoms with van der Waals surface area (Å²) in [7, 11) is 0. The number of Topliss-reactive ketones (excluding diaryl/α,β-unsaturated/α-hetero) is 1. The third-order valence-electron chi connectivity index (χ3n) is 2.27. The fourth-order valence-electron chi connectivity index (χ4n) is 1.55. The van der Waals surface area contributed by atoms with E-state index < -0.39 is 0 Å². The summed E-state index contributed by atoms with van der Waals surface area (Å²) in [5.41, 5.74) is 1.09. The second kappa shape index (κ2) is 3.65. The molecule has 0 atom stereocenters. The molecule has 0 N–H and O–H groups in total. The number of carbonyl (C=O) groups is 1. The molecule has 0 bridgehead atoms. The van der Waals surface area contributed by atoms with Crippen molar-refractivity contribution in [3.05, 3.63) is 17.5 Å². The molecule has 5 nitrogen and oxygen atoms in total. The van der Waals surface area contributed by atoms with Crippen LogP contribution < -0.4 is 4.90 Å². The fraction of sp³-hybridized carbons (Fsp3) is 0.400. The Kier molecular flexibility index (Phi) is 2.34. The third-order valence-corrected chi connectivity index (χ3v) is 2.27. The van der Waals surface area contributed by atoms with Crippen molar-refractivity contribution in [2.75, 3.05) is 18.0 Å². The van der Waals surface area contributed by atoms with Gasteiger partial charge in [-0.1, -0.05) is 0 Å². The normalized spacial score (nSPS) is 15.5. The Labute approximate surface area is 87.4 Å². The minimum atomic E-state index is 0.193. The first-order chi connectivity index (χ1) is 7.19. The first-order valence-electron chi connectivity index (χ1n) is 4.71. The highest BCUT2D eigenvalue weighted by molar-refractivity contribution is 5.86. The summed E-state index contributed by atoms with van der Waals surface area (Å²) in [6.07, 6.45) is 0.541. The molecule has 1 aliphatic heterocycles. The van der Waals surface area contributed by atoms with E-state index in [9.17, 15) is 4.79 Å². The predicted molar refractivity (Wildman–Crippen MR) is 53.3 cm³/mol. The molecular weight excluding hydrogens is 192 g/mol. The first-order valence-corrected chi connectivity index (χ1v) is 4.71. The quantitative estimate of drug-likeness (QED) is 0.660. The van der Waals surface area contributed by atoms with Crippen molar-refractivity contribution in [2.24, 2.45) is 0 Å². The minimum Gasteiger partial charge on any atom is -0.333 e. The minimum absolute atomic E-state index is 0.193. The van der Waals surface area contributed by atoms with Crippen molar-refractivity contribution >= 4 is 11.7 Å². The lowest BCUT2D eigenvalue weighted by Gasteiger charge is -2.14. The van der Waals surface area contributed by atoms with Crippen LogP contribution in [-0.4, -0.2) is 28.8 Å². The summed E-state index contributed by atoms with van der Waals surface area (Å²) in [6, 6.07) is 3.61. The van der Waals surface area contributed by atoms with Gasteiger partial charge in [-0.05, 0) is 13.0 Å².